The van der Waals surface area contributed by atoms with Gasteiger partial charge in [0.05, 0.1) is 4.92 Å². The second kappa shape index (κ2) is 5.81. The summed E-state index contributed by atoms with van der Waals surface area (Å²) in [6, 6.07) is 0.312. The fourth-order valence-corrected chi connectivity index (χ4v) is 2.68. The van der Waals surface area contributed by atoms with Crippen LogP contribution in [0.3, 0.4) is 0 Å². The van der Waals surface area contributed by atoms with Crippen molar-refractivity contribution in [2.45, 2.75) is 45.1 Å². The smallest absolute Gasteiger partial charge is 0.353 e. The van der Waals surface area contributed by atoms with Crippen molar-refractivity contribution in [2.24, 2.45) is 0 Å². The number of nitrogens with two attached hydrogens (primary N) is 1. The summed E-state index contributed by atoms with van der Waals surface area (Å²) in [5, 5.41) is 11.2. The number of aromatic nitrogens is 2. The quantitative estimate of drug-likeness (QED) is 0.661. The van der Waals surface area contributed by atoms with Gasteiger partial charge in [0, 0.05) is 12.6 Å². The van der Waals surface area contributed by atoms with Gasteiger partial charge in [0.25, 0.3) is 0 Å². The van der Waals surface area contributed by atoms with Crippen molar-refractivity contribution >= 4 is 17.3 Å². The van der Waals surface area contributed by atoms with Gasteiger partial charge in [-0.15, -0.1) is 0 Å². The molecule has 0 bridgehead atoms. The van der Waals surface area contributed by atoms with Crippen LogP contribution in [-0.2, 0) is 0 Å². The van der Waals surface area contributed by atoms with E-state index in [0.29, 0.717) is 11.9 Å². The molecule has 1 aliphatic heterocycles. The Kier molecular flexibility index (Phi) is 4.13. The topological polar surface area (TPSA) is 98.2 Å². The number of nitrogen functional groups attached to an aromatic ring is 1. The highest BCUT2D eigenvalue weighted by molar-refractivity contribution is 5.68. The minimum absolute atomic E-state index is 0.0594. The van der Waals surface area contributed by atoms with Crippen LogP contribution < -0.4 is 10.6 Å². The van der Waals surface area contributed by atoms with Crippen molar-refractivity contribution in [3.63, 3.8) is 0 Å². The van der Waals surface area contributed by atoms with E-state index in [9.17, 15) is 10.1 Å². The zero-order valence-corrected chi connectivity index (χ0v) is 11.1. The summed E-state index contributed by atoms with van der Waals surface area (Å²) < 4.78 is 0. The maximum absolute atomic E-state index is 11.2. The molecule has 1 fully saturated rings. The van der Waals surface area contributed by atoms with Gasteiger partial charge in [0.1, 0.15) is 6.33 Å². The molecule has 19 heavy (non-hydrogen) atoms. The van der Waals surface area contributed by atoms with E-state index in [1.54, 1.807) is 0 Å². The van der Waals surface area contributed by atoms with Crippen LogP contribution in [0.1, 0.15) is 39.0 Å². The molecule has 1 aromatic rings. The molecule has 2 N–H and O–H groups in total. The fraction of sp³-hybridized carbons (Fsp3) is 0.667. The predicted molar refractivity (Wildman–Crippen MR) is 73.0 cm³/mol. The third kappa shape index (κ3) is 2.74. The number of nitrogens with zero attached hydrogens (tertiary/aromatic N) is 4. The Balaban J connectivity index is 2.38. The first-order valence-corrected chi connectivity index (χ1v) is 6.66. The maximum Gasteiger partial charge on any atom is 0.353 e. The van der Waals surface area contributed by atoms with Gasteiger partial charge in [-0.2, -0.15) is 0 Å². The van der Waals surface area contributed by atoms with Crippen LogP contribution in [0.2, 0.25) is 0 Å². The van der Waals surface area contributed by atoms with Gasteiger partial charge in [-0.05, 0) is 25.7 Å². The zero-order chi connectivity index (χ0) is 13.8. The zero-order valence-electron chi connectivity index (χ0n) is 11.1. The first-order valence-electron chi connectivity index (χ1n) is 6.66. The van der Waals surface area contributed by atoms with Crippen molar-refractivity contribution in [1.29, 1.82) is 0 Å². The third-order valence-corrected chi connectivity index (χ3v) is 3.53. The average Bonchev–Trinajstić information content (AvgIpc) is 2.39. The lowest BCUT2D eigenvalue weighted by atomic mass is 9.98. The standard InChI is InChI=1S/C12H19N5O2/c1-2-5-9-6-3-4-7-16(9)12-10(17(18)19)11(13)14-8-15-12/h8-9H,2-7H2,1H3,(H2,13,14,15). The highest BCUT2D eigenvalue weighted by atomic mass is 16.6. The Bertz CT molecular complexity index is 463. The summed E-state index contributed by atoms with van der Waals surface area (Å²) in [6.07, 6.45) is 6.61. The molecule has 0 spiro atoms. The van der Waals surface area contributed by atoms with E-state index in [-0.39, 0.29) is 11.5 Å². The van der Waals surface area contributed by atoms with Gasteiger partial charge in [0.2, 0.25) is 11.6 Å². The molecular formula is C12H19N5O2. The summed E-state index contributed by atoms with van der Waals surface area (Å²) in [6.45, 7) is 2.91. The summed E-state index contributed by atoms with van der Waals surface area (Å²) in [5.74, 6) is 0.312. The lowest BCUT2D eigenvalue weighted by Gasteiger charge is -2.36. The Morgan fingerprint density at radius 2 is 2.32 bits per heavy atom. The first kappa shape index (κ1) is 13.5. The van der Waals surface area contributed by atoms with Crippen LogP contribution in [0.15, 0.2) is 6.33 Å². The van der Waals surface area contributed by atoms with Crippen LogP contribution in [0.4, 0.5) is 17.3 Å². The second-order valence-electron chi connectivity index (χ2n) is 4.82. The van der Waals surface area contributed by atoms with E-state index >= 15 is 0 Å². The number of piperidine rings is 1. The van der Waals surface area contributed by atoms with Gasteiger partial charge in [-0.3, -0.25) is 10.1 Å². The number of hydrogen-bond acceptors (Lipinski definition) is 6. The Labute approximate surface area is 112 Å². The molecule has 1 atom stereocenters. The van der Waals surface area contributed by atoms with Crippen LogP contribution in [0.5, 0.6) is 0 Å². The number of anilines is 2. The van der Waals surface area contributed by atoms with Crippen molar-refractivity contribution < 1.29 is 4.92 Å². The van der Waals surface area contributed by atoms with Gasteiger partial charge in [-0.25, -0.2) is 9.97 Å². The Hall–Kier alpha value is -1.92. The molecule has 2 rings (SSSR count). The van der Waals surface area contributed by atoms with Crippen molar-refractivity contribution in [1.82, 2.24) is 9.97 Å². The van der Waals surface area contributed by atoms with Crippen LogP contribution in [0, 0.1) is 10.1 Å². The second-order valence-corrected chi connectivity index (χ2v) is 4.82. The Morgan fingerprint density at radius 3 is 3.00 bits per heavy atom. The molecule has 104 valence electrons. The molecule has 1 saturated heterocycles. The van der Waals surface area contributed by atoms with E-state index < -0.39 is 4.92 Å². The molecule has 7 heteroatoms. The third-order valence-electron chi connectivity index (χ3n) is 3.53. The van der Waals surface area contributed by atoms with Gasteiger partial charge >= 0.3 is 5.69 Å². The van der Waals surface area contributed by atoms with Crippen molar-refractivity contribution in [3.8, 4) is 0 Å². The van der Waals surface area contributed by atoms with E-state index in [0.717, 1.165) is 38.6 Å². The van der Waals surface area contributed by atoms with Crippen LogP contribution in [-0.4, -0.2) is 27.5 Å². The van der Waals surface area contributed by atoms with E-state index in [1.807, 2.05) is 4.90 Å². The van der Waals surface area contributed by atoms with Gasteiger partial charge in [0.15, 0.2) is 0 Å². The normalized spacial score (nSPS) is 19.4. The minimum atomic E-state index is -0.484. The molecule has 1 unspecified atom stereocenters. The van der Waals surface area contributed by atoms with E-state index in [4.69, 9.17) is 5.73 Å². The maximum atomic E-state index is 11.2. The SMILES string of the molecule is CCCC1CCCCN1c1ncnc(N)c1[N+](=O)[O-]. The molecule has 0 radical (unpaired) electrons. The lowest BCUT2D eigenvalue weighted by Crippen LogP contribution is -2.40. The molecule has 7 nitrogen and oxygen atoms in total. The minimum Gasteiger partial charge on any atom is -0.378 e. The first-order chi connectivity index (χ1) is 9.15. The average molecular weight is 265 g/mol. The van der Waals surface area contributed by atoms with Gasteiger partial charge < -0.3 is 10.6 Å². The predicted octanol–water partition coefficient (Wildman–Crippen LogP) is 2.13. The number of hydrogen-bond donors (Lipinski definition) is 1. The lowest BCUT2D eigenvalue weighted by molar-refractivity contribution is -0.383. The molecule has 0 aromatic carbocycles. The highest BCUT2D eigenvalue weighted by Crippen LogP contribution is 2.34. The van der Waals surface area contributed by atoms with Gasteiger partial charge in [-0.1, -0.05) is 13.3 Å². The summed E-state index contributed by atoms with van der Waals surface area (Å²) >= 11 is 0. The van der Waals surface area contributed by atoms with Crippen LogP contribution in [0.25, 0.3) is 0 Å². The van der Waals surface area contributed by atoms with E-state index in [2.05, 4.69) is 16.9 Å². The van der Waals surface area contributed by atoms with Crippen molar-refractivity contribution in [2.75, 3.05) is 17.2 Å². The number of nitro groups is 1. The highest BCUT2D eigenvalue weighted by Gasteiger charge is 2.31. The molecule has 0 saturated carbocycles. The fourth-order valence-electron chi connectivity index (χ4n) is 2.68. The molecule has 1 aromatic heterocycles. The molecular weight excluding hydrogens is 246 g/mol. The van der Waals surface area contributed by atoms with Crippen molar-refractivity contribution in [3.05, 3.63) is 16.4 Å². The molecule has 1 aliphatic rings. The molecule has 0 amide bonds. The number of rotatable bonds is 4. The molecule has 0 aliphatic carbocycles. The largest absolute Gasteiger partial charge is 0.378 e. The van der Waals surface area contributed by atoms with E-state index in [1.165, 1.54) is 6.33 Å². The van der Waals surface area contributed by atoms with Crippen LogP contribution >= 0.6 is 0 Å². The molecule has 2 heterocycles. The summed E-state index contributed by atoms with van der Waals surface area (Å²) in [4.78, 5) is 20.6. The Morgan fingerprint density at radius 1 is 1.53 bits per heavy atom. The summed E-state index contributed by atoms with van der Waals surface area (Å²) in [5.41, 5.74) is 5.47. The summed E-state index contributed by atoms with van der Waals surface area (Å²) in [7, 11) is 0. The monoisotopic (exact) mass is 265 g/mol.